The Bertz CT molecular complexity index is 1490. The van der Waals surface area contributed by atoms with Crippen LogP contribution in [-0.4, -0.2) is 22.7 Å². The fraction of sp³-hybridized carbons (Fsp3) is 0.0357. The highest BCUT2D eigenvalue weighted by Crippen LogP contribution is 2.30. The smallest absolute Gasteiger partial charge is 0.335 e. The van der Waals surface area contributed by atoms with E-state index in [4.69, 9.17) is 4.42 Å². The molecule has 0 saturated carbocycles. The number of hydrogen-bond donors (Lipinski definition) is 1. The van der Waals surface area contributed by atoms with Crippen molar-refractivity contribution in [3.63, 3.8) is 0 Å². The van der Waals surface area contributed by atoms with E-state index in [0.717, 1.165) is 5.56 Å². The van der Waals surface area contributed by atoms with E-state index >= 15 is 0 Å². The first-order chi connectivity index (χ1) is 17.0. The van der Waals surface area contributed by atoms with Crippen LogP contribution in [0, 0.1) is 5.82 Å². The fourth-order valence-corrected chi connectivity index (χ4v) is 3.85. The normalized spacial score (nSPS) is 14.4. The van der Waals surface area contributed by atoms with E-state index in [2.05, 4.69) is 5.10 Å². The molecule has 0 spiro atoms. The molecule has 1 aliphatic heterocycles. The van der Waals surface area contributed by atoms with E-state index in [1.807, 2.05) is 30.3 Å². The molecule has 5 rings (SSSR count). The second kappa shape index (κ2) is 9.23. The lowest BCUT2D eigenvalue weighted by Gasteiger charge is -2.12. The second-order valence-corrected chi connectivity index (χ2v) is 7.92. The zero-order valence-corrected chi connectivity index (χ0v) is 18.4. The van der Waals surface area contributed by atoms with Gasteiger partial charge in [0.2, 0.25) is 0 Å². The summed E-state index contributed by atoms with van der Waals surface area (Å²) in [6, 6.07) is 25.2. The fourth-order valence-electron chi connectivity index (χ4n) is 3.85. The highest BCUT2D eigenvalue weighted by molar-refractivity contribution is 6.33. The van der Waals surface area contributed by atoms with Crippen molar-refractivity contribution in [2.24, 2.45) is 5.10 Å². The first-order valence-corrected chi connectivity index (χ1v) is 10.9. The number of hydrazone groups is 1. The van der Waals surface area contributed by atoms with Crippen LogP contribution < -0.4 is 5.01 Å². The average Bonchev–Trinajstić information content (AvgIpc) is 3.45. The Kier molecular flexibility index (Phi) is 5.81. The van der Waals surface area contributed by atoms with Crippen molar-refractivity contribution >= 4 is 29.4 Å². The molecule has 0 radical (unpaired) electrons. The van der Waals surface area contributed by atoms with E-state index in [1.165, 1.54) is 23.2 Å². The van der Waals surface area contributed by atoms with Crippen molar-refractivity contribution in [2.45, 2.75) is 6.42 Å². The molecule has 6 nitrogen and oxygen atoms in total. The van der Waals surface area contributed by atoms with Gasteiger partial charge in [-0.25, -0.2) is 9.18 Å². The number of nitrogens with zero attached hydrogens (tertiary/aromatic N) is 2. The number of halogens is 1. The van der Waals surface area contributed by atoms with E-state index < -0.39 is 17.7 Å². The predicted molar refractivity (Wildman–Crippen MR) is 131 cm³/mol. The van der Waals surface area contributed by atoms with Crippen LogP contribution in [0.1, 0.15) is 21.7 Å². The van der Waals surface area contributed by atoms with Gasteiger partial charge in [0, 0.05) is 6.42 Å². The highest BCUT2D eigenvalue weighted by Gasteiger charge is 2.32. The summed E-state index contributed by atoms with van der Waals surface area (Å²) in [7, 11) is 0. The Morgan fingerprint density at radius 2 is 1.74 bits per heavy atom. The largest absolute Gasteiger partial charge is 0.478 e. The first kappa shape index (κ1) is 22.0. The topological polar surface area (TPSA) is 83.1 Å². The van der Waals surface area contributed by atoms with Gasteiger partial charge in [0.15, 0.2) is 0 Å². The Labute approximate surface area is 200 Å². The third kappa shape index (κ3) is 4.52. The number of hydrogen-bond acceptors (Lipinski definition) is 4. The van der Waals surface area contributed by atoms with Crippen molar-refractivity contribution in [1.29, 1.82) is 0 Å². The maximum atomic E-state index is 14.2. The molecule has 0 unspecified atom stereocenters. The van der Waals surface area contributed by atoms with Gasteiger partial charge < -0.3 is 9.52 Å². The Morgan fingerprint density at radius 1 is 0.971 bits per heavy atom. The van der Waals surface area contributed by atoms with Gasteiger partial charge in [0.05, 0.1) is 28.1 Å². The summed E-state index contributed by atoms with van der Waals surface area (Å²) in [4.78, 5) is 24.8. The minimum absolute atomic E-state index is 0.0492. The van der Waals surface area contributed by atoms with Crippen molar-refractivity contribution in [2.75, 3.05) is 5.01 Å². The monoisotopic (exact) mass is 466 g/mol. The molecule has 172 valence electrons. The molecule has 3 aromatic carbocycles. The number of benzene rings is 3. The SMILES string of the molecule is O=C(O)c1cccc(N2N=C(Cc3ccccc3)/C(=C/c3ccc(-c4ccccc4F)o3)C2=O)c1. The number of rotatable bonds is 6. The molecule has 1 N–H and O–H groups in total. The van der Waals surface area contributed by atoms with Crippen LogP contribution >= 0.6 is 0 Å². The zero-order valence-electron chi connectivity index (χ0n) is 18.4. The van der Waals surface area contributed by atoms with Gasteiger partial charge in [-0.2, -0.15) is 10.1 Å². The van der Waals surface area contributed by atoms with Crippen LogP contribution in [0.4, 0.5) is 10.1 Å². The number of amides is 1. The molecule has 0 saturated heterocycles. The molecule has 0 atom stereocenters. The van der Waals surface area contributed by atoms with E-state index in [0.29, 0.717) is 40.5 Å². The van der Waals surface area contributed by atoms with Gasteiger partial charge in [-0.1, -0.05) is 48.5 Å². The summed E-state index contributed by atoms with van der Waals surface area (Å²) in [5, 5.41) is 15.1. The Morgan fingerprint density at radius 3 is 2.51 bits per heavy atom. The van der Waals surface area contributed by atoms with Crippen LogP contribution in [0.5, 0.6) is 0 Å². The zero-order chi connectivity index (χ0) is 24.4. The van der Waals surface area contributed by atoms with Crippen LogP contribution in [0.3, 0.4) is 0 Å². The van der Waals surface area contributed by atoms with Gasteiger partial charge in [-0.05, 0) is 54.1 Å². The maximum Gasteiger partial charge on any atom is 0.335 e. The van der Waals surface area contributed by atoms with Gasteiger partial charge in [0.25, 0.3) is 5.91 Å². The molecule has 0 fully saturated rings. The van der Waals surface area contributed by atoms with E-state index in [9.17, 15) is 19.1 Å². The number of carboxylic acid groups (broad SMARTS) is 1. The summed E-state index contributed by atoms with van der Waals surface area (Å²) in [6.45, 7) is 0. The number of carboxylic acids is 1. The Hall–Kier alpha value is -4.78. The van der Waals surface area contributed by atoms with Crippen molar-refractivity contribution in [3.8, 4) is 11.3 Å². The number of furan rings is 1. The summed E-state index contributed by atoms with van der Waals surface area (Å²) in [5.74, 6) is -1.21. The van der Waals surface area contributed by atoms with Crippen LogP contribution in [0.15, 0.2) is 106 Å². The number of carbonyl (C=O) groups is 2. The molecule has 1 aromatic heterocycles. The standard InChI is InChI=1S/C28H19FN2O4/c29-24-12-5-4-11-22(24)26-14-13-21(35-26)17-23-25(15-18-7-2-1-3-8-18)30-31(27(23)32)20-10-6-9-19(16-20)28(33)34/h1-14,16-17H,15H2,(H,33,34)/b23-17-. The summed E-state index contributed by atoms with van der Waals surface area (Å²) in [5.41, 5.74) is 2.48. The van der Waals surface area contributed by atoms with Crippen molar-refractivity contribution in [1.82, 2.24) is 0 Å². The van der Waals surface area contributed by atoms with Crippen LogP contribution in [-0.2, 0) is 11.2 Å². The molecule has 1 aliphatic rings. The molecule has 4 aromatic rings. The Balaban J connectivity index is 1.53. The molecular formula is C28H19FN2O4. The molecular weight excluding hydrogens is 447 g/mol. The number of carbonyl (C=O) groups excluding carboxylic acids is 1. The molecule has 1 amide bonds. The summed E-state index contributed by atoms with van der Waals surface area (Å²) in [6.07, 6.45) is 1.96. The lowest BCUT2D eigenvalue weighted by Crippen LogP contribution is -2.21. The second-order valence-electron chi connectivity index (χ2n) is 7.92. The summed E-state index contributed by atoms with van der Waals surface area (Å²) < 4.78 is 20.0. The van der Waals surface area contributed by atoms with Gasteiger partial charge >= 0.3 is 5.97 Å². The predicted octanol–water partition coefficient (Wildman–Crippen LogP) is 5.81. The van der Waals surface area contributed by atoms with Gasteiger partial charge in [0.1, 0.15) is 17.3 Å². The van der Waals surface area contributed by atoms with Crippen molar-refractivity contribution in [3.05, 3.63) is 119 Å². The minimum Gasteiger partial charge on any atom is -0.478 e. The molecule has 35 heavy (non-hydrogen) atoms. The lowest BCUT2D eigenvalue weighted by molar-refractivity contribution is -0.114. The lowest BCUT2D eigenvalue weighted by atomic mass is 10.0. The molecule has 7 heteroatoms. The van der Waals surface area contributed by atoms with E-state index in [-0.39, 0.29) is 5.56 Å². The third-order valence-electron chi connectivity index (χ3n) is 5.56. The third-order valence-corrected chi connectivity index (χ3v) is 5.56. The van der Waals surface area contributed by atoms with Gasteiger partial charge in [-0.3, -0.25) is 4.79 Å². The average molecular weight is 466 g/mol. The molecule has 2 heterocycles. The molecule has 0 bridgehead atoms. The maximum absolute atomic E-state index is 14.2. The highest BCUT2D eigenvalue weighted by atomic mass is 19.1. The van der Waals surface area contributed by atoms with Crippen LogP contribution in [0.25, 0.3) is 17.4 Å². The van der Waals surface area contributed by atoms with Crippen LogP contribution in [0.2, 0.25) is 0 Å². The minimum atomic E-state index is -1.10. The quantitative estimate of drug-likeness (QED) is 0.364. The number of anilines is 1. The summed E-state index contributed by atoms with van der Waals surface area (Å²) >= 11 is 0. The van der Waals surface area contributed by atoms with E-state index in [1.54, 1.807) is 48.5 Å². The van der Waals surface area contributed by atoms with Gasteiger partial charge in [-0.15, -0.1) is 0 Å². The van der Waals surface area contributed by atoms with Crippen molar-refractivity contribution < 1.29 is 23.5 Å². The first-order valence-electron chi connectivity index (χ1n) is 10.9. The molecule has 0 aliphatic carbocycles. The number of aromatic carboxylic acids is 1.